The van der Waals surface area contributed by atoms with Gasteiger partial charge in [0, 0.05) is 11.4 Å². The Morgan fingerprint density at radius 3 is 2.62 bits per heavy atom. The highest BCUT2D eigenvalue weighted by atomic mass is 32.1. The van der Waals surface area contributed by atoms with Crippen LogP contribution in [-0.4, -0.2) is 23.8 Å². The first kappa shape index (κ1) is 18.1. The molecule has 0 bridgehead atoms. The van der Waals surface area contributed by atoms with Crippen LogP contribution in [0.5, 0.6) is 5.75 Å². The second kappa shape index (κ2) is 7.53. The molecule has 7 heteroatoms. The quantitative estimate of drug-likeness (QED) is 0.836. The highest BCUT2D eigenvalue weighted by Gasteiger charge is 2.17. The lowest BCUT2D eigenvalue weighted by atomic mass is 10.2. The second-order valence-electron chi connectivity index (χ2n) is 6.25. The molecular weight excluding hydrogens is 326 g/mol. The third-order valence-electron chi connectivity index (χ3n) is 2.99. The third kappa shape index (κ3) is 5.42. The summed E-state index contributed by atoms with van der Waals surface area (Å²) in [5.41, 5.74) is 1.76. The molecule has 24 heavy (non-hydrogen) atoms. The van der Waals surface area contributed by atoms with Gasteiger partial charge < -0.3 is 14.8 Å². The maximum absolute atomic E-state index is 12.0. The van der Waals surface area contributed by atoms with E-state index in [9.17, 15) is 4.79 Å². The van der Waals surface area contributed by atoms with E-state index >= 15 is 0 Å². The fourth-order valence-electron chi connectivity index (χ4n) is 1.99. The summed E-state index contributed by atoms with van der Waals surface area (Å²) in [5.74, 6) is 0.696. The zero-order valence-electron chi connectivity index (χ0n) is 14.6. The van der Waals surface area contributed by atoms with Gasteiger partial charge in [0.2, 0.25) is 0 Å². The minimum atomic E-state index is -0.553. The number of carbonyl (C=O) groups excluding carboxylic acids is 1. The lowest BCUT2D eigenvalue weighted by Gasteiger charge is -2.21. The number of ether oxygens (including phenoxy) is 2. The van der Waals surface area contributed by atoms with Gasteiger partial charge in [-0.1, -0.05) is 0 Å². The predicted octanol–water partition coefficient (Wildman–Crippen LogP) is 4.42. The van der Waals surface area contributed by atoms with Crippen molar-refractivity contribution in [1.82, 2.24) is 4.98 Å². The summed E-state index contributed by atoms with van der Waals surface area (Å²) in [6, 6.07) is 5.38. The fraction of sp³-hybridized carbons (Fsp3) is 0.412. The number of methoxy groups -OCH3 is 1. The Morgan fingerprint density at radius 2 is 2.04 bits per heavy atom. The first-order valence-electron chi connectivity index (χ1n) is 7.60. The van der Waals surface area contributed by atoms with Gasteiger partial charge in [-0.05, 0) is 39.8 Å². The van der Waals surface area contributed by atoms with Crippen molar-refractivity contribution in [1.29, 1.82) is 0 Å². The maximum Gasteiger partial charge on any atom is 0.412 e. The van der Waals surface area contributed by atoms with E-state index in [1.54, 1.807) is 30.6 Å². The van der Waals surface area contributed by atoms with E-state index in [0.29, 0.717) is 18.0 Å². The SMILES string of the molecule is COc1ccc(NC(=O)OC(C)(C)C)c(NCc2csc(C)n2)c1. The first-order valence-corrected chi connectivity index (χ1v) is 8.48. The maximum atomic E-state index is 12.0. The number of rotatable bonds is 5. The molecule has 1 aromatic heterocycles. The van der Waals surface area contributed by atoms with E-state index in [0.717, 1.165) is 16.4 Å². The Labute approximate surface area is 146 Å². The molecule has 1 aromatic carbocycles. The molecule has 0 spiro atoms. The van der Waals surface area contributed by atoms with Crippen molar-refractivity contribution in [3.63, 3.8) is 0 Å². The molecule has 6 nitrogen and oxygen atoms in total. The van der Waals surface area contributed by atoms with Crippen LogP contribution in [0.2, 0.25) is 0 Å². The van der Waals surface area contributed by atoms with Crippen LogP contribution in [0.15, 0.2) is 23.6 Å². The van der Waals surface area contributed by atoms with Crippen LogP contribution in [0.3, 0.4) is 0 Å². The number of aromatic nitrogens is 1. The van der Waals surface area contributed by atoms with E-state index in [1.165, 1.54) is 0 Å². The van der Waals surface area contributed by atoms with Crippen molar-refractivity contribution in [2.75, 3.05) is 17.7 Å². The van der Waals surface area contributed by atoms with Crippen LogP contribution in [0, 0.1) is 6.92 Å². The molecule has 130 valence electrons. The van der Waals surface area contributed by atoms with Crippen molar-refractivity contribution in [2.24, 2.45) is 0 Å². The predicted molar refractivity (Wildman–Crippen MR) is 97.0 cm³/mol. The van der Waals surface area contributed by atoms with Gasteiger partial charge in [0.25, 0.3) is 0 Å². The molecule has 0 unspecified atom stereocenters. The average Bonchev–Trinajstić information content (AvgIpc) is 2.90. The lowest BCUT2D eigenvalue weighted by Crippen LogP contribution is -2.27. The Hall–Kier alpha value is -2.28. The zero-order chi connectivity index (χ0) is 17.7. The van der Waals surface area contributed by atoms with Crippen molar-refractivity contribution < 1.29 is 14.3 Å². The van der Waals surface area contributed by atoms with E-state index < -0.39 is 11.7 Å². The Bertz CT molecular complexity index is 707. The standard InChI is InChI=1S/C17H23N3O3S/c1-11-19-12(10-24-11)9-18-15-8-13(22-5)6-7-14(15)20-16(21)23-17(2,3)4/h6-8,10,18H,9H2,1-5H3,(H,20,21). The van der Waals surface area contributed by atoms with E-state index in [1.807, 2.05) is 39.1 Å². The van der Waals surface area contributed by atoms with Gasteiger partial charge in [0.05, 0.1) is 35.7 Å². The smallest absolute Gasteiger partial charge is 0.412 e. The van der Waals surface area contributed by atoms with Crippen LogP contribution in [0.25, 0.3) is 0 Å². The van der Waals surface area contributed by atoms with E-state index in [4.69, 9.17) is 9.47 Å². The number of aryl methyl sites for hydroxylation is 1. The molecule has 0 radical (unpaired) electrons. The molecule has 0 aliphatic heterocycles. The van der Waals surface area contributed by atoms with Crippen LogP contribution in [0.4, 0.5) is 16.2 Å². The molecule has 1 amide bonds. The summed E-state index contributed by atoms with van der Waals surface area (Å²) in [4.78, 5) is 16.4. The van der Waals surface area contributed by atoms with Crippen molar-refractivity contribution in [2.45, 2.75) is 39.8 Å². The van der Waals surface area contributed by atoms with Crippen molar-refractivity contribution >= 4 is 28.8 Å². The zero-order valence-corrected chi connectivity index (χ0v) is 15.4. The molecule has 0 saturated carbocycles. The minimum absolute atomic E-state index is 0.500. The number of hydrogen-bond acceptors (Lipinski definition) is 6. The summed E-state index contributed by atoms with van der Waals surface area (Å²) < 4.78 is 10.6. The average molecular weight is 349 g/mol. The van der Waals surface area contributed by atoms with Gasteiger partial charge in [0.15, 0.2) is 0 Å². The number of thiazole rings is 1. The fourth-order valence-corrected chi connectivity index (χ4v) is 2.61. The molecular formula is C17H23N3O3S. The molecule has 2 aromatic rings. The van der Waals surface area contributed by atoms with Crippen LogP contribution < -0.4 is 15.4 Å². The molecule has 0 atom stereocenters. The molecule has 0 aliphatic rings. The lowest BCUT2D eigenvalue weighted by molar-refractivity contribution is 0.0636. The second-order valence-corrected chi connectivity index (χ2v) is 7.31. The first-order chi connectivity index (χ1) is 11.3. The number of carbonyl (C=O) groups is 1. The van der Waals surface area contributed by atoms with Crippen LogP contribution in [-0.2, 0) is 11.3 Å². The minimum Gasteiger partial charge on any atom is -0.497 e. The largest absolute Gasteiger partial charge is 0.497 e. The topological polar surface area (TPSA) is 72.5 Å². The summed E-state index contributed by atoms with van der Waals surface area (Å²) in [5, 5.41) is 9.06. The number of anilines is 2. The van der Waals surface area contributed by atoms with Gasteiger partial charge in [0.1, 0.15) is 11.4 Å². The van der Waals surface area contributed by atoms with Crippen molar-refractivity contribution in [3.05, 3.63) is 34.3 Å². The van der Waals surface area contributed by atoms with Gasteiger partial charge in [-0.15, -0.1) is 11.3 Å². The number of benzene rings is 1. The van der Waals surface area contributed by atoms with E-state index in [2.05, 4.69) is 15.6 Å². The number of nitrogens with one attached hydrogen (secondary N) is 2. The molecule has 0 aliphatic carbocycles. The highest BCUT2D eigenvalue weighted by molar-refractivity contribution is 7.09. The van der Waals surface area contributed by atoms with Crippen LogP contribution >= 0.6 is 11.3 Å². The Kier molecular flexibility index (Phi) is 5.66. The number of amides is 1. The number of hydrogen-bond donors (Lipinski definition) is 2. The molecule has 0 saturated heterocycles. The van der Waals surface area contributed by atoms with Gasteiger partial charge in [-0.2, -0.15) is 0 Å². The molecule has 1 heterocycles. The third-order valence-corrected chi connectivity index (χ3v) is 3.81. The van der Waals surface area contributed by atoms with Crippen LogP contribution in [0.1, 0.15) is 31.5 Å². The number of nitrogens with zero attached hydrogens (tertiary/aromatic N) is 1. The Balaban J connectivity index is 2.13. The molecule has 2 rings (SSSR count). The molecule has 2 N–H and O–H groups in total. The summed E-state index contributed by atoms with van der Waals surface area (Å²) in [7, 11) is 1.60. The summed E-state index contributed by atoms with van der Waals surface area (Å²) >= 11 is 1.60. The monoisotopic (exact) mass is 349 g/mol. The van der Waals surface area contributed by atoms with Gasteiger partial charge >= 0.3 is 6.09 Å². The van der Waals surface area contributed by atoms with Crippen molar-refractivity contribution in [3.8, 4) is 5.75 Å². The molecule has 0 fully saturated rings. The van der Waals surface area contributed by atoms with Gasteiger partial charge in [-0.25, -0.2) is 9.78 Å². The highest BCUT2D eigenvalue weighted by Crippen LogP contribution is 2.28. The summed E-state index contributed by atoms with van der Waals surface area (Å²) in [6.07, 6.45) is -0.500. The summed E-state index contributed by atoms with van der Waals surface area (Å²) in [6.45, 7) is 7.99. The normalized spacial score (nSPS) is 11.0. The Morgan fingerprint density at radius 1 is 1.29 bits per heavy atom. The van der Waals surface area contributed by atoms with E-state index in [-0.39, 0.29) is 0 Å². The van der Waals surface area contributed by atoms with Gasteiger partial charge in [-0.3, -0.25) is 5.32 Å².